The molecule has 1 atom stereocenters. The van der Waals surface area contributed by atoms with E-state index in [1.165, 1.54) is 0 Å². The minimum absolute atomic E-state index is 0.0939. The fourth-order valence-electron chi connectivity index (χ4n) is 4.01. The number of anilines is 1. The van der Waals surface area contributed by atoms with Crippen LogP contribution in [0.15, 0.2) is 29.3 Å². The van der Waals surface area contributed by atoms with E-state index in [2.05, 4.69) is 27.3 Å². The maximum Gasteiger partial charge on any atom is 0.310 e. The van der Waals surface area contributed by atoms with E-state index < -0.39 is 0 Å². The molecule has 0 spiro atoms. The first kappa shape index (κ1) is 21.1. The summed E-state index contributed by atoms with van der Waals surface area (Å²) in [7, 11) is 1.77. The molecule has 0 saturated carbocycles. The lowest BCUT2D eigenvalue weighted by atomic mass is 9.98. The van der Waals surface area contributed by atoms with Crippen LogP contribution in [-0.2, 0) is 20.9 Å². The van der Waals surface area contributed by atoms with Crippen molar-refractivity contribution in [1.29, 1.82) is 0 Å². The molecule has 0 aliphatic carbocycles. The first-order valence-electron chi connectivity index (χ1n) is 10.6. The monoisotopic (exact) mass is 400 g/mol. The van der Waals surface area contributed by atoms with Gasteiger partial charge in [0.2, 0.25) is 5.91 Å². The third-order valence-electron chi connectivity index (χ3n) is 5.57. The van der Waals surface area contributed by atoms with Gasteiger partial charge < -0.3 is 19.9 Å². The molecule has 2 saturated heterocycles. The summed E-state index contributed by atoms with van der Waals surface area (Å²) in [6.07, 6.45) is 4.51. The van der Waals surface area contributed by atoms with Crippen LogP contribution in [0, 0.1) is 5.92 Å². The lowest BCUT2D eigenvalue weighted by molar-refractivity contribution is -0.149. The second-order valence-electron chi connectivity index (χ2n) is 7.61. The molecule has 3 rings (SSSR count). The zero-order valence-electron chi connectivity index (χ0n) is 17.5. The summed E-state index contributed by atoms with van der Waals surface area (Å²) < 4.78 is 5.19. The third-order valence-corrected chi connectivity index (χ3v) is 5.57. The van der Waals surface area contributed by atoms with Crippen molar-refractivity contribution in [2.24, 2.45) is 10.9 Å². The number of carbonyl (C=O) groups is 2. The first-order chi connectivity index (χ1) is 14.1. The Balaban J connectivity index is 1.55. The highest BCUT2D eigenvalue weighted by molar-refractivity contribution is 5.94. The second kappa shape index (κ2) is 10.3. The van der Waals surface area contributed by atoms with Crippen LogP contribution in [0.5, 0.6) is 0 Å². The van der Waals surface area contributed by atoms with Gasteiger partial charge in [-0.25, -0.2) is 0 Å². The van der Waals surface area contributed by atoms with Gasteiger partial charge in [-0.05, 0) is 50.3 Å². The molecule has 2 aliphatic heterocycles. The van der Waals surface area contributed by atoms with Gasteiger partial charge in [0, 0.05) is 45.3 Å². The zero-order valence-corrected chi connectivity index (χ0v) is 17.5. The third kappa shape index (κ3) is 5.49. The highest BCUT2D eigenvalue weighted by atomic mass is 16.5. The number of guanidine groups is 1. The Hall–Kier alpha value is -2.57. The van der Waals surface area contributed by atoms with Crippen LogP contribution in [0.1, 0.15) is 44.6 Å². The minimum atomic E-state index is -0.115. The maximum absolute atomic E-state index is 12.1. The SMILES string of the molecule is CCOC(=O)C1CCCN(C(=NC)NCc2ccc(N3CCCCC3=O)cc2)C1. The van der Waals surface area contributed by atoms with Crippen LogP contribution in [0.2, 0.25) is 0 Å². The number of rotatable bonds is 5. The van der Waals surface area contributed by atoms with Gasteiger partial charge >= 0.3 is 5.97 Å². The van der Waals surface area contributed by atoms with Gasteiger partial charge in [0.25, 0.3) is 0 Å². The molecule has 29 heavy (non-hydrogen) atoms. The molecular weight excluding hydrogens is 368 g/mol. The van der Waals surface area contributed by atoms with Crippen molar-refractivity contribution < 1.29 is 14.3 Å². The van der Waals surface area contributed by atoms with Crippen molar-refractivity contribution in [2.75, 3.05) is 38.2 Å². The fourth-order valence-corrected chi connectivity index (χ4v) is 4.01. The van der Waals surface area contributed by atoms with Crippen molar-refractivity contribution in [2.45, 2.75) is 45.6 Å². The maximum atomic E-state index is 12.1. The molecule has 0 bridgehead atoms. The van der Waals surface area contributed by atoms with Gasteiger partial charge in [0.1, 0.15) is 0 Å². The van der Waals surface area contributed by atoms with Crippen molar-refractivity contribution in [3.05, 3.63) is 29.8 Å². The van der Waals surface area contributed by atoms with E-state index in [0.717, 1.165) is 56.0 Å². The molecular formula is C22H32N4O3. The molecule has 2 fully saturated rings. The van der Waals surface area contributed by atoms with Gasteiger partial charge in [-0.2, -0.15) is 0 Å². The van der Waals surface area contributed by atoms with E-state index >= 15 is 0 Å². The second-order valence-corrected chi connectivity index (χ2v) is 7.61. The number of esters is 1. The Kier molecular flexibility index (Phi) is 7.49. The molecule has 1 unspecified atom stereocenters. The predicted molar refractivity (Wildman–Crippen MR) is 114 cm³/mol. The van der Waals surface area contributed by atoms with Crippen molar-refractivity contribution in [3.8, 4) is 0 Å². The molecule has 0 radical (unpaired) electrons. The smallest absolute Gasteiger partial charge is 0.310 e. The number of hydrogen-bond acceptors (Lipinski definition) is 4. The van der Waals surface area contributed by atoms with Gasteiger partial charge in [0.15, 0.2) is 5.96 Å². The fraction of sp³-hybridized carbons (Fsp3) is 0.591. The molecule has 1 aromatic rings. The summed E-state index contributed by atoms with van der Waals surface area (Å²) in [6, 6.07) is 8.13. The Morgan fingerprint density at radius 2 is 2.00 bits per heavy atom. The lowest BCUT2D eigenvalue weighted by Gasteiger charge is -2.34. The Bertz CT molecular complexity index is 732. The summed E-state index contributed by atoms with van der Waals surface area (Å²) in [5.74, 6) is 0.803. The van der Waals surface area contributed by atoms with Gasteiger partial charge in [-0.15, -0.1) is 0 Å². The number of hydrogen-bond donors (Lipinski definition) is 1. The standard InChI is InChI=1S/C22H32N4O3/c1-3-29-21(28)18-7-6-13-25(16-18)22(23-2)24-15-17-9-11-19(12-10-17)26-14-5-4-8-20(26)27/h9-12,18H,3-8,13-16H2,1-2H3,(H,23,24). The average molecular weight is 401 g/mol. The number of amides is 1. The number of ether oxygens (including phenoxy) is 1. The van der Waals surface area contributed by atoms with E-state index in [1.54, 1.807) is 7.05 Å². The molecule has 7 heteroatoms. The highest BCUT2D eigenvalue weighted by Gasteiger charge is 2.28. The number of nitrogens with zero attached hydrogens (tertiary/aromatic N) is 3. The number of aliphatic imine (C=N–C) groups is 1. The van der Waals surface area contributed by atoms with Crippen molar-refractivity contribution >= 4 is 23.5 Å². The molecule has 1 N–H and O–H groups in total. The molecule has 2 heterocycles. The van der Waals surface area contributed by atoms with Gasteiger partial charge in [-0.3, -0.25) is 14.6 Å². The first-order valence-corrected chi connectivity index (χ1v) is 10.6. The van der Waals surface area contributed by atoms with Crippen molar-refractivity contribution in [3.63, 3.8) is 0 Å². The minimum Gasteiger partial charge on any atom is -0.466 e. The van der Waals surface area contributed by atoms with Crippen LogP contribution in [0.3, 0.4) is 0 Å². The lowest BCUT2D eigenvalue weighted by Crippen LogP contribution is -2.48. The molecule has 0 aromatic heterocycles. The van der Waals surface area contributed by atoms with E-state index in [-0.39, 0.29) is 17.8 Å². The summed E-state index contributed by atoms with van der Waals surface area (Å²) in [6.45, 7) is 5.22. The number of carbonyl (C=O) groups excluding carboxylic acids is 2. The zero-order chi connectivity index (χ0) is 20.6. The average Bonchev–Trinajstić information content (AvgIpc) is 2.75. The van der Waals surface area contributed by atoms with Crippen LogP contribution in [0.4, 0.5) is 5.69 Å². The van der Waals surface area contributed by atoms with Crippen molar-refractivity contribution in [1.82, 2.24) is 10.2 Å². The van der Waals surface area contributed by atoms with E-state index in [0.29, 0.717) is 26.1 Å². The normalized spacial score (nSPS) is 20.6. The largest absolute Gasteiger partial charge is 0.466 e. The molecule has 158 valence electrons. The number of likely N-dealkylation sites (tertiary alicyclic amines) is 1. The quantitative estimate of drug-likeness (QED) is 0.467. The number of nitrogens with one attached hydrogen (secondary N) is 1. The van der Waals surface area contributed by atoms with E-state index in [9.17, 15) is 9.59 Å². The highest BCUT2D eigenvalue weighted by Crippen LogP contribution is 2.21. The van der Waals surface area contributed by atoms with E-state index in [4.69, 9.17) is 4.74 Å². The van der Waals surface area contributed by atoms with E-state index in [1.807, 2.05) is 24.0 Å². The predicted octanol–water partition coefficient (Wildman–Crippen LogP) is 2.55. The number of piperidine rings is 2. The summed E-state index contributed by atoms with van der Waals surface area (Å²) >= 11 is 0. The molecule has 7 nitrogen and oxygen atoms in total. The number of benzene rings is 1. The Morgan fingerprint density at radius 3 is 2.69 bits per heavy atom. The molecule has 2 aliphatic rings. The van der Waals surface area contributed by atoms with Gasteiger partial charge in [-0.1, -0.05) is 12.1 Å². The Labute approximate surface area is 173 Å². The molecule has 1 aromatic carbocycles. The van der Waals surface area contributed by atoms with Crippen LogP contribution < -0.4 is 10.2 Å². The van der Waals surface area contributed by atoms with Crippen LogP contribution >= 0.6 is 0 Å². The van der Waals surface area contributed by atoms with Crippen LogP contribution in [-0.4, -0.2) is 56.0 Å². The summed E-state index contributed by atoms with van der Waals surface area (Å²) in [4.78, 5) is 32.6. The summed E-state index contributed by atoms with van der Waals surface area (Å²) in [5, 5.41) is 3.40. The molecule has 1 amide bonds. The van der Waals surface area contributed by atoms with Crippen LogP contribution in [0.25, 0.3) is 0 Å². The topological polar surface area (TPSA) is 74.2 Å². The van der Waals surface area contributed by atoms with Gasteiger partial charge in [0.05, 0.1) is 12.5 Å². The Morgan fingerprint density at radius 1 is 1.21 bits per heavy atom. The summed E-state index contributed by atoms with van der Waals surface area (Å²) in [5.41, 5.74) is 2.09.